The van der Waals surface area contributed by atoms with Crippen molar-refractivity contribution < 1.29 is 9.53 Å². The molecule has 0 saturated carbocycles. The van der Waals surface area contributed by atoms with E-state index in [9.17, 15) is 4.79 Å². The first-order valence-electron chi connectivity index (χ1n) is 4.05. The zero-order valence-corrected chi connectivity index (χ0v) is 8.23. The van der Waals surface area contributed by atoms with Crippen molar-refractivity contribution >= 4 is 5.97 Å². The zero-order valence-electron chi connectivity index (χ0n) is 8.23. The maximum atomic E-state index is 11.2. The normalized spacial score (nSPS) is 10.0. The highest BCUT2D eigenvalue weighted by Crippen LogP contribution is 2.14. The Morgan fingerprint density at radius 3 is 2.42 bits per heavy atom. The number of hydrogen-bond acceptors (Lipinski definition) is 2. The molecule has 0 aliphatic carbocycles. The van der Waals surface area contributed by atoms with Crippen LogP contribution in [0.2, 0.25) is 0 Å². The molecule has 0 rings (SSSR count). The number of esters is 1. The molecule has 12 heavy (non-hydrogen) atoms. The zero-order chi connectivity index (χ0) is 9.61. The van der Waals surface area contributed by atoms with Crippen molar-refractivity contribution in [2.75, 3.05) is 6.61 Å². The van der Waals surface area contributed by atoms with Gasteiger partial charge in [-0.2, -0.15) is 0 Å². The topological polar surface area (TPSA) is 26.3 Å². The van der Waals surface area contributed by atoms with Gasteiger partial charge in [0, 0.05) is 6.42 Å². The predicted octanol–water partition coefficient (Wildman–Crippen LogP) is 1.99. The van der Waals surface area contributed by atoms with Crippen LogP contribution in [0.1, 0.15) is 34.1 Å². The summed E-state index contributed by atoms with van der Waals surface area (Å²) in [6, 6.07) is 0. The van der Waals surface area contributed by atoms with Gasteiger partial charge >= 0.3 is 5.97 Å². The van der Waals surface area contributed by atoms with Crippen LogP contribution in [0.25, 0.3) is 0 Å². The van der Waals surface area contributed by atoms with Gasteiger partial charge in [0.25, 0.3) is 0 Å². The molecular weight excluding hydrogens is 152 g/mol. The summed E-state index contributed by atoms with van der Waals surface area (Å²) < 4.78 is 4.97. The molecule has 0 aliphatic heterocycles. The maximum Gasteiger partial charge on any atom is 0.311 e. The van der Waals surface area contributed by atoms with E-state index in [1.807, 2.05) is 20.8 Å². The summed E-state index contributed by atoms with van der Waals surface area (Å²) in [5, 5.41) is 0. The largest absolute Gasteiger partial charge is 0.464 e. The molecule has 2 heteroatoms. The van der Waals surface area contributed by atoms with Gasteiger partial charge in [0.2, 0.25) is 0 Å². The Labute approximate surface area is 74.3 Å². The molecular formula is C10H16O2. The minimum Gasteiger partial charge on any atom is -0.464 e. The van der Waals surface area contributed by atoms with Gasteiger partial charge in [0.1, 0.15) is 6.61 Å². The summed E-state index contributed by atoms with van der Waals surface area (Å²) in [5.41, 5.74) is -0.403. The van der Waals surface area contributed by atoms with Crippen LogP contribution in [-0.2, 0) is 9.53 Å². The highest BCUT2D eigenvalue weighted by molar-refractivity contribution is 5.75. The minimum absolute atomic E-state index is 0.166. The average Bonchev–Trinajstić information content (AvgIpc) is 1.96. The van der Waals surface area contributed by atoms with E-state index >= 15 is 0 Å². The van der Waals surface area contributed by atoms with Crippen LogP contribution in [-0.4, -0.2) is 12.6 Å². The van der Waals surface area contributed by atoms with Crippen molar-refractivity contribution in [3.8, 4) is 11.8 Å². The van der Waals surface area contributed by atoms with Crippen LogP contribution < -0.4 is 0 Å². The average molecular weight is 168 g/mol. The second-order valence-electron chi connectivity index (χ2n) is 3.56. The SMILES string of the molecule is CC#CCCOC(=O)C(C)(C)C. The molecule has 0 radical (unpaired) electrons. The molecule has 0 aromatic carbocycles. The van der Waals surface area contributed by atoms with Crippen molar-refractivity contribution in [2.45, 2.75) is 34.1 Å². The van der Waals surface area contributed by atoms with Crippen molar-refractivity contribution in [3.05, 3.63) is 0 Å². The second-order valence-corrected chi connectivity index (χ2v) is 3.56. The molecule has 68 valence electrons. The third-order valence-electron chi connectivity index (χ3n) is 1.25. The fourth-order valence-corrected chi connectivity index (χ4v) is 0.536. The summed E-state index contributed by atoms with van der Waals surface area (Å²) in [5.74, 6) is 5.40. The van der Waals surface area contributed by atoms with Gasteiger partial charge in [-0.05, 0) is 27.7 Å². The summed E-state index contributed by atoms with van der Waals surface area (Å²) in [6.45, 7) is 7.67. The van der Waals surface area contributed by atoms with Crippen molar-refractivity contribution in [3.63, 3.8) is 0 Å². The summed E-state index contributed by atoms with van der Waals surface area (Å²) in [7, 11) is 0. The van der Waals surface area contributed by atoms with Crippen LogP contribution in [0.3, 0.4) is 0 Å². The van der Waals surface area contributed by atoms with Crippen molar-refractivity contribution in [1.29, 1.82) is 0 Å². The third kappa shape index (κ3) is 4.79. The lowest BCUT2D eigenvalue weighted by molar-refractivity contribution is -0.152. The van der Waals surface area contributed by atoms with E-state index in [4.69, 9.17) is 4.74 Å². The van der Waals surface area contributed by atoms with E-state index in [2.05, 4.69) is 11.8 Å². The molecule has 0 unspecified atom stereocenters. The fraction of sp³-hybridized carbons (Fsp3) is 0.700. The maximum absolute atomic E-state index is 11.2. The monoisotopic (exact) mass is 168 g/mol. The lowest BCUT2D eigenvalue weighted by Gasteiger charge is -2.15. The Kier molecular flexibility index (Phi) is 4.43. The van der Waals surface area contributed by atoms with E-state index in [1.165, 1.54) is 0 Å². The Morgan fingerprint density at radius 1 is 1.42 bits per heavy atom. The molecule has 0 fully saturated rings. The minimum atomic E-state index is -0.403. The number of rotatable bonds is 2. The van der Waals surface area contributed by atoms with E-state index in [0.717, 1.165) is 0 Å². The molecule has 0 heterocycles. The number of carbonyl (C=O) groups is 1. The van der Waals surface area contributed by atoms with E-state index < -0.39 is 5.41 Å². The van der Waals surface area contributed by atoms with Gasteiger partial charge in [0.15, 0.2) is 0 Å². The van der Waals surface area contributed by atoms with Crippen LogP contribution in [0.4, 0.5) is 0 Å². The lowest BCUT2D eigenvalue weighted by atomic mass is 9.97. The molecule has 0 saturated heterocycles. The number of ether oxygens (including phenoxy) is 1. The van der Waals surface area contributed by atoms with Crippen LogP contribution >= 0.6 is 0 Å². The van der Waals surface area contributed by atoms with Gasteiger partial charge < -0.3 is 4.74 Å². The summed E-state index contributed by atoms with van der Waals surface area (Å²) in [6.07, 6.45) is 0.623. The van der Waals surface area contributed by atoms with Gasteiger partial charge in [-0.1, -0.05) is 0 Å². The van der Waals surface area contributed by atoms with Gasteiger partial charge in [-0.25, -0.2) is 0 Å². The lowest BCUT2D eigenvalue weighted by Crippen LogP contribution is -2.23. The molecule has 0 bridgehead atoms. The highest BCUT2D eigenvalue weighted by Gasteiger charge is 2.22. The first-order chi connectivity index (χ1) is 5.48. The first kappa shape index (κ1) is 11.0. The Morgan fingerprint density at radius 2 is 2.00 bits per heavy atom. The standard InChI is InChI=1S/C10H16O2/c1-5-6-7-8-12-9(11)10(2,3)4/h7-8H2,1-4H3. The third-order valence-corrected chi connectivity index (χ3v) is 1.25. The van der Waals surface area contributed by atoms with Crippen LogP contribution in [0.15, 0.2) is 0 Å². The molecule has 0 aromatic heterocycles. The summed E-state index contributed by atoms with van der Waals surface area (Å²) >= 11 is 0. The van der Waals surface area contributed by atoms with E-state index in [-0.39, 0.29) is 5.97 Å². The summed E-state index contributed by atoms with van der Waals surface area (Å²) in [4.78, 5) is 11.2. The Hall–Kier alpha value is -0.970. The van der Waals surface area contributed by atoms with Crippen LogP contribution in [0, 0.1) is 17.3 Å². The number of carbonyl (C=O) groups excluding carboxylic acids is 1. The van der Waals surface area contributed by atoms with Crippen molar-refractivity contribution in [1.82, 2.24) is 0 Å². The van der Waals surface area contributed by atoms with Gasteiger partial charge in [-0.3, -0.25) is 4.79 Å². The molecule has 0 N–H and O–H groups in total. The fourth-order valence-electron chi connectivity index (χ4n) is 0.536. The molecule has 0 aromatic rings. The Balaban J connectivity index is 3.63. The van der Waals surface area contributed by atoms with Gasteiger partial charge in [-0.15, -0.1) is 11.8 Å². The molecule has 0 atom stereocenters. The predicted molar refractivity (Wildman–Crippen MR) is 48.5 cm³/mol. The quantitative estimate of drug-likeness (QED) is 0.358. The number of hydrogen-bond donors (Lipinski definition) is 0. The first-order valence-corrected chi connectivity index (χ1v) is 4.05. The highest BCUT2D eigenvalue weighted by atomic mass is 16.5. The van der Waals surface area contributed by atoms with Crippen LogP contribution in [0.5, 0.6) is 0 Å². The molecule has 2 nitrogen and oxygen atoms in total. The smallest absolute Gasteiger partial charge is 0.311 e. The molecule has 0 amide bonds. The van der Waals surface area contributed by atoms with E-state index in [1.54, 1.807) is 6.92 Å². The second kappa shape index (κ2) is 4.82. The molecule has 0 spiro atoms. The van der Waals surface area contributed by atoms with Crippen molar-refractivity contribution in [2.24, 2.45) is 5.41 Å². The van der Waals surface area contributed by atoms with Gasteiger partial charge in [0.05, 0.1) is 5.41 Å². The Bertz CT molecular complexity index is 200. The van der Waals surface area contributed by atoms with E-state index in [0.29, 0.717) is 13.0 Å². The molecule has 0 aliphatic rings.